The Bertz CT molecular complexity index is 326. The number of rotatable bonds is 8. The van der Waals surface area contributed by atoms with E-state index >= 15 is 0 Å². The van der Waals surface area contributed by atoms with Crippen LogP contribution >= 0.6 is 0 Å². The monoisotopic (exact) mass is 392 g/mol. The molecule has 1 aromatic rings. The van der Waals surface area contributed by atoms with Gasteiger partial charge in [0.2, 0.25) is 0 Å². The molecule has 0 amide bonds. The molecule has 20 heavy (non-hydrogen) atoms. The second-order valence-corrected chi connectivity index (χ2v) is 4.92. The molecule has 0 saturated heterocycles. The van der Waals surface area contributed by atoms with Crippen LogP contribution in [0.2, 0.25) is 0 Å². The van der Waals surface area contributed by atoms with E-state index in [1.54, 1.807) is 0 Å². The molecule has 0 N–H and O–H groups in total. The van der Waals surface area contributed by atoms with Crippen LogP contribution in [-0.2, 0) is 11.3 Å². The van der Waals surface area contributed by atoms with Crippen molar-refractivity contribution in [1.82, 2.24) is 4.90 Å². The van der Waals surface area contributed by atoms with Crippen molar-refractivity contribution in [2.75, 3.05) is 19.7 Å². The van der Waals surface area contributed by atoms with Crippen molar-refractivity contribution in [3.8, 4) is 0 Å². The Morgan fingerprint density at radius 1 is 1.15 bits per heavy atom. The molecule has 0 radical (unpaired) electrons. The van der Waals surface area contributed by atoms with Crippen LogP contribution in [0, 0.1) is 6.92 Å². The van der Waals surface area contributed by atoms with E-state index in [9.17, 15) is 0 Å². The lowest BCUT2D eigenvalue weighted by molar-refractivity contribution is -0.00000493. The van der Waals surface area contributed by atoms with E-state index < -0.39 is 0 Å². The summed E-state index contributed by atoms with van der Waals surface area (Å²) in [5, 5.41) is 0. The highest BCUT2D eigenvalue weighted by Crippen LogP contribution is 2.06. The normalized spacial score (nSPS) is 11.7. The lowest BCUT2D eigenvalue weighted by Crippen LogP contribution is -3.00. The molecule has 1 unspecified atom stereocenters. The molecular formula is C17H31INO-. The fourth-order valence-corrected chi connectivity index (χ4v) is 2.00. The van der Waals surface area contributed by atoms with E-state index in [0.717, 1.165) is 26.3 Å². The van der Waals surface area contributed by atoms with Gasteiger partial charge in [0.15, 0.2) is 0 Å². The number of halogens is 1. The summed E-state index contributed by atoms with van der Waals surface area (Å²) in [7, 11) is 0. The molecule has 0 saturated carbocycles. The Balaban J connectivity index is 0. The van der Waals surface area contributed by atoms with Crippen LogP contribution in [0.1, 0.15) is 45.7 Å². The van der Waals surface area contributed by atoms with Gasteiger partial charge in [-0.1, -0.05) is 51.1 Å². The van der Waals surface area contributed by atoms with E-state index in [-0.39, 0.29) is 31.4 Å². The predicted molar refractivity (Wildman–Crippen MR) is 84.6 cm³/mol. The molecule has 0 heterocycles. The highest BCUT2D eigenvalue weighted by molar-refractivity contribution is 5.20. The second-order valence-electron chi connectivity index (χ2n) is 4.92. The number of likely N-dealkylation sites (N-methyl/N-ethyl adjacent to an activating group) is 1. The molecule has 1 atom stereocenters. The Labute approximate surface area is 142 Å². The minimum Gasteiger partial charge on any atom is -1.00 e. The number of ether oxygens (including phenoxy) is 1. The van der Waals surface area contributed by atoms with Gasteiger partial charge >= 0.3 is 0 Å². The summed E-state index contributed by atoms with van der Waals surface area (Å²) in [5.74, 6) is 0. The van der Waals surface area contributed by atoms with Gasteiger partial charge < -0.3 is 28.7 Å². The molecule has 1 aromatic carbocycles. The molecule has 0 spiro atoms. The molecule has 0 aliphatic carbocycles. The molecule has 0 aromatic heterocycles. The van der Waals surface area contributed by atoms with Gasteiger partial charge in [-0.25, -0.2) is 0 Å². The van der Waals surface area contributed by atoms with E-state index in [0.29, 0.717) is 6.04 Å². The Kier molecular flexibility index (Phi) is 14.0. The predicted octanol–water partition coefficient (Wildman–Crippen LogP) is 1.27. The Morgan fingerprint density at radius 3 is 2.25 bits per heavy atom. The van der Waals surface area contributed by atoms with Crippen molar-refractivity contribution in [1.29, 1.82) is 0 Å². The van der Waals surface area contributed by atoms with Gasteiger partial charge in [-0.3, -0.25) is 4.90 Å². The molecule has 0 bridgehead atoms. The largest absolute Gasteiger partial charge is 1.00 e. The molecule has 0 fully saturated rings. The number of aryl methyl sites for hydroxylation is 1. The van der Waals surface area contributed by atoms with Crippen LogP contribution in [0.5, 0.6) is 0 Å². The lowest BCUT2D eigenvalue weighted by Gasteiger charge is -2.26. The molecule has 118 valence electrons. The van der Waals surface area contributed by atoms with Crippen LogP contribution in [-0.4, -0.2) is 30.6 Å². The van der Waals surface area contributed by atoms with Gasteiger partial charge in [-0.15, -0.1) is 0 Å². The minimum atomic E-state index is 0. The van der Waals surface area contributed by atoms with Crippen molar-refractivity contribution < 1.29 is 28.7 Å². The maximum Gasteiger partial charge on any atom is 0.0717 e. The molecule has 2 nitrogen and oxygen atoms in total. The molecular weight excluding hydrogens is 361 g/mol. The van der Waals surface area contributed by atoms with E-state index in [2.05, 4.69) is 56.9 Å². The summed E-state index contributed by atoms with van der Waals surface area (Å²) in [5.41, 5.74) is 2.56. The van der Waals surface area contributed by atoms with Gasteiger partial charge in [0.1, 0.15) is 0 Å². The maximum absolute atomic E-state index is 5.74. The third-order valence-electron chi connectivity index (χ3n) is 3.53. The molecule has 3 heteroatoms. The van der Waals surface area contributed by atoms with E-state index in [4.69, 9.17) is 4.74 Å². The first kappa shape index (κ1) is 22.2. The number of benzene rings is 1. The van der Waals surface area contributed by atoms with Gasteiger partial charge in [-0.05, 0) is 32.4 Å². The summed E-state index contributed by atoms with van der Waals surface area (Å²) < 4.78 is 5.74. The number of hydrogen-bond donors (Lipinski definition) is 0. The lowest BCUT2D eigenvalue weighted by atomic mass is 10.2. The van der Waals surface area contributed by atoms with E-state index in [1.807, 2.05) is 0 Å². The number of hydrogen-bond acceptors (Lipinski definition) is 2. The van der Waals surface area contributed by atoms with Crippen molar-refractivity contribution >= 4 is 0 Å². The topological polar surface area (TPSA) is 12.5 Å². The standard InChI is InChI=1S/C16H27NO.CH4.HI/c1-5-15(4)17(6-2)11-12-18-13-16-9-7-14(3)8-10-16;;/h7-10,15H,5-6,11-13H2,1-4H3;1H4;1H/p-1. The third kappa shape index (κ3) is 8.22. The quantitative estimate of drug-likeness (QED) is 0.488. The van der Waals surface area contributed by atoms with Crippen molar-refractivity contribution in [3.05, 3.63) is 35.4 Å². The first-order valence-corrected chi connectivity index (χ1v) is 7.04. The van der Waals surface area contributed by atoms with Gasteiger partial charge in [0, 0.05) is 12.6 Å². The third-order valence-corrected chi connectivity index (χ3v) is 3.53. The maximum atomic E-state index is 5.74. The first-order valence-electron chi connectivity index (χ1n) is 7.04. The summed E-state index contributed by atoms with van der Waals surface area (Å²) in [6.07, 6.45) is 1.20. The second kappa shape index (κ2) is 12.6. The summed E-state index contributed by atoms with van der Waals surface area (Å²) in [6, 6.07) is 9.20. The van der Waals surface area contributed by atoms with Crippen LogP contribution in [0.25, 0.3) is 0 Å². The zero-order valence-corrected chi connectivity index (χ0v) is 14.8. The summed E-state index contributed by atoms with van der Waals surface area (Å²) in [4.78, 5) is 2.47. The zero-order chi connectivity index (χ0) is 13.4. The zero-order valence-electron chi connectivity index (χ0n) is 12.7. The van der Waals surface area contributed by atoms with Crippen molar-refractivity contribution in [2.24, 2.45) is 0 Å². The van der Waals surface area contributed by atoms with Crippen molar-refractivity contribution in [2.45, 2.75) is 54.2 Å². The molecule has 1 rings (SSSR count). The van der Waals surface area contributed by atoms with Crippen molar-refractivity contribution in [3.63, 3.8) is 0 Å². The fourth-order valence-electron chi connectivity index (χ4n) is 2.00. The summed E-state index contributed by atoms with van der Waals surface area (Å²) in [6.45, 7) is 12.5. The summed E-state index contributed by atoms with van der Waals surface area (Å²) >= 11 is 0. The first-order chi connectivity index (χ1) is 8.67. The van der Waals surface area contributed by atoms with Gasteiger partial charge in [-0.2, -0.15) is 0 Å². The highest BCUT2D eigenvalue weighted by atomic mass is 127. The Morgan fingerprint density at radius 2 is 1.75 bits per heavy atom. The fraction of sp³-hybridized carbons (Fsp3) is 0.647. The highest BCUT2D eigenvalue weighted by Gasteiger charge is 2.08. The minimum absolute atomic E-state index is 0. The molecule has 0 aliphatic heterocycles. The average Bonchev–Trinajstić information content (AvgIpc) is 2.40. The van der Waals surface area contributed by atoms with Gasteiger partial charge in [0.25, 0.3) is 0 Å². The van der Waals surface area contributed by atoms with Crippen LogP contribution in [0.15, 0.2) is 24.3 Å². The van der Waals surface area contributed by atoms with Crippen LogP contribution in [0.3, 0.4) is 0 Å². The van der Waals surface area contributed by atoms with Crippen LogP contribution < -0.4 is 24.0 Å². The SMILES string of the molecule is C.CCC(C)N(CC)CCOCc1ccc(C)cc1.[I-]. The Hall–Kier alpha value is -0.130. The molecule has 0 aliphatic rings. The average molecular weight is 392 g/mol. The smallest absolute Gasteiger partial charge is 0.0717 e. The van der Waals surface area contributed by atoms with Gasteiger partial charge in [0.05, 0.1) is 13.2 Å². The van der Waals surface area contributed by atoms with E-state index in [1.165, 1.54) is 17.5 Å². The number of nitrogens with zero attached hydrogens (tertiary/aromatic N) is 1. The van der Waals surface area contributed by atoms with Crippen LogP contribution in [0.4, 0.5) is 0 Å².